The Morgan fingerprint density at radius 3 is 2.44 bits per heavy atom. The van der Waals surface area contributed by atoms with E-state index in [1.807, 2.05) is 0 Å². The Balaban J connectivity index is 1.46. The summed E-state index contributed by atoms with van der Waals surface area (Å²) in [6.45, 7) is 5.94. The van der Waals surface area contributed by atoms with E-state index >= 15 is 0 Å². The first-order valence-corrected chi connectivity index (χ1v) is 14.7. The van der Waals surface area contributed by atoms with E-state index in [-0.39, 0.29) is 11.7 Å². The maximum atomic E-state index is 14.5. The van der Waals surface area contributed by atoms with Crippen molar-refractivity contribution in [2.75, 3.05) is 54.3 Å². The highest BCUT2D eigenvalue weighted by Crippen LogP contribution is 2.26. The van der Waals surface area contributed by atoms with Gasteiger partial charge in [0.25, 0.3) is 0 Å². The van der Waals surface area contributed by atoms with Gasteiger partial charge in [-0.1, -0.05) is 26.2 Å². The lowest BCUT2D eigenvalue weighted by molar-refractivity contribution is 0.277. The molecule has 9 nitrogen and oxygen atoms in total. The zero-order chi connectivity index (χ0) is 25.3. The topological polar surface area (TPSA) is 110 Å². The van der Waals surface area contributed by atoms with Gasteiger partial charge in [0.05, 0.1) is 6.26 Å². The normalized spacial score (nSPS) is 19.7. The number of nitrogens with one attached hydrogen (secondary N) is 3. The highest BCUT2D eigenvalue weighted by Gasteiger charge is 2.23. The second kappa shape index (κ2) is 13.3. The molecule has 2 heterocycles. The number of anilines is 4. The van der Waals surface area contributed by atoms with Crippen molar-refractivity contribution in [3.63, 3.8) is 0 Å². The molecule has 0 bridgehead atoms. The first kappa shape index (κ1) is 26.7. The molecule has 2 aromatic rings. The maximum absolute atomic E-state index is 14.5. The molecule has 4 rings (SSSR count). The molecule has 2 unspecified atom stereocenters. The minimum Gasteiger partial charge on any atom is -0.614 e. The Morgan fingerprint density at radius 2 is 1.75 bits per heavy atom. The fourth-order valence-electron chi connectivity index (χ4n) is 4.94. The van der Waals surface area contributed by atoms with Crippen molar-refractivity contribution >= 4 is 34.7 Å². The SMILES string of the molecule is CCN1CCCC1CNc1nc(NCC2CCCCC2)nc(Nc2ccc(OC[S+](C)[O-])c(F)c2)n1. The second-order valence-electron chi connectivity index (χ2n) is 9.60. The van der Waals surface area contributed by atoms with Crippen LogP contribution in [-0.4, -0.2) is 68.8 Å². The van der Waals surface area contributed by atoms with Gasteiger partial charge in [-0.05, 0) is 68.0 Å². The smallest absolute Gasteiger partial charge is 0.244 e. The van der Waals surface area contributed by atoms with Crippen LogP contribution in [0.3, 0.4) is 0 Å². The maximum Gasteiger partial charge on any atom is 0.244 e. The Morgan fingerprint density at radius 1 is 1.03 bits per heavy atom. The van der Waals surface area contributed by atoms with E-state index in [0.29, 0.717) is 35.5 Å². The van der Waals surface area contributed by atoms with Crippen LogP contribution >= 0.6 is 0 Å². The number of aromatic nitrogens is 3. The van der Waals surface area contributed by atoms with Crippen LogP contribution in [0.1, 0.15) is 51.9 Å². The van der Waals surface area contributed by atoms with E-state index in [2.05, 4.69) is 42.7 Å². The van der Waals surface area contributed by atoms with Crippen molar-refractivity contribution in [2.45, 2.75) is 57.9 Å². The summed E-state index contributed by atoms with van der Waals surface area (Å²) in [7, 11) is 0. The Labute approximate surface area is 216 Å². The predicted molar refractivity (Wildman–Crippen MR) is 143 cm³/mol. The van der Waals surface area contributed by atoms with Crippen LogP contribution in [0, 0.1) is 11.7 Å². The zero-order valence-corrected chi connectivity index (χ0v) is 22.1. The fraction of sp³-hybridized carbons (Fsp3) is 0.640. The van der Waals surface area contributed by atoms with Gasteiger partial charge in [-0.15, -0.1) is 0 Å². The largest absolute Gasteiger partial charge is 0.614 e. The zero-order valence-electron chi connectivity index (χ0n) is 21.3. The third-order valence-electron chi connectivity index (χ3n) is 6.88. The van der Waals surface area contributed by atoms with Crippen LogP contribution in [0.2, 0.25) is 0 Å². The Kier molecular flexibility index (Phi) is 9.82. The minimum atomic E-state index is -1.18. The van der Waals surface area contributed by atoms with Gasteiger partial charge in [0.2, 0.25) is 23.8 Å². The molecule has 11 heteroatoms. The lowest BCUT2D eigenvalue weighted by atomic mass is 9.89. The summed E-state index contributed by atoms with van der Waals surface area (Å²) >= 11 is -1.18. The van der Waals surface area contributed by atoms with Crippen LogP contribution in [0.4, 0.5) is 27.9 Å². The summed E-state index contributed by atoms with van der Waals surface area (Å²) in [4.78, 5) is 16.2. The number of halogens is 1. The molecule has 0 amide bonds. The molecule has 1 aromatic carbocycles. The molecule has 1 aliphatic carbocycles. The van der Waals surface area contributed by atoms with Crippen LogP contribution < -0.4 is 20.7 Å². The van der Waals surface area contributed by atoms with Gasteiger partial charge >= 0.3 is 0 Å². The van der Waals surface area contributed by atoms with Crippen molar-refractivity contribution in [2.24, 2.45) is 5.92 Å². The second-order valence-corrected chi connectivity index (χ2v) is 11.0. The number of rotatable bonds is 12. The summed E-state index contributed by atoms with van der Waals surface area (Å²) < 4.78 is 31.0. The molecule has 2 aliphatic rings. The Bertz CT molecular complexity index is 977. The quantitative estimate of drug-likeness (QED) is 0.352. The third-order valence-corrected chi connectivity index (χ3v) is 7.33. The number of likely N-dealkylation sites (N-methyl/N-ethyl adjacent to an activating group) is 1. The third kappa shape index (κ3) is 7.81. The van der Waals surface area contributed by atoms with Crippen LogP contribution in [-0.2, 0) is 11.2 Å². The summed E-state index contributed by atoms with van der Waals surface area (Å²) in [6.07, 6.45) is 10.2. The average Bonchev–Trinajstić information content (AvgIpc) is 3.34. The number of nitrogens with zero attached hydrogens (tertiary/aromatic N) is 4. The first-order valence-electron chi connectivity index (χ1n) is 13.0. The van der Waals surface area contributed by atoms with Crippen LogP contribution in [0.25, 0.3) is 0 Å². The van der Waals surface area contributed by atoms with E-state index < -0.39 is 17.0 Å². The van der Waals surface area contributed by atoms with Crippen molar-refractivity contribution in [1.29, 1.82) is 0 Å². The first-order chi connectivity index (χ1) is 17.5. The van der Waals surface area contributed by atoms with E-state index in [1.165, 1.54) is 56.9 Å². The standard InChI is InChI=1S/C25H38FN7O2S/c1-3-33-13-7-10-20(33)16-28-24-30-23(27-15-18-8-5-4-6-9-18)31-25(32-24)29-19-11-12-22(21(26)14-19)35-17-36(2)34/h11-12,14,18,20H,3-10,13,15-17H2,1-2H3,(H3,27,28,29,30,31,32). The number of hydrogen-bond acceptors (Lipinski definition) is 9. The number of benzene rings is 1. The van der Waals surface area contributed by atoms with E-state index in [4.69, 9.17) is 4.74 Å². The average molecular weight is 520 g/mol. The van der Waals surface area contributed by atoms with Crippen molar-refractivity contribution in [3.8, 4) is 5.75 Å². The molecule has 2 atom stereocenters. The lowest BCUT2D eigenvalue weighted by Gasteiger charge is -2.23. The van der Waals surface area contributed by atoms with Gasteiger partial charge in [-0.25, -0.2) is 4.39 Å². The van der Waals surface area contributed by atoms with E-state index in [0.717, 1.165) is 32.6 Å². The monoisotopic (exact) mass is 519 g/mol. The fourth-order valence-corrected chi connectivity index (χ4v) is 5.23. The summed E-state index contributed by atoms with van der Waals surface area (Å²) in [5.41, 5.74) is 0.487. The van der Waals surface area contributed by atoms with Gasteiger partial charge in [-0.2, -0.15) is 15.0 Å². The number of ether oxygens (including phenoxy) is 1. The highest BCUT2D eigenvalue weighted by molar-refractivity contribution is 7.90. The molecule has 1 saturated carbocycles. The van der Waals surface area contributed by atoms with E-state index in [9.17, 15) is 8.94 Å². The minimum absolute atomic E-state index is 0.0561. The predicted octanol–water partition coefficient (Wildman–Crippen LogP) is 4.36. The van der Waals surface area contributed by atoms with Gasteiger partial charge in [-0.3, -0.25) is 4.90 Å². The van der Waals surface area contributed by atoms with E-state index in [1.54, 1.807) is 6.07 Å². The molecule has 3 N–H and O–H groups in total. The van der Waals surface area contributed by atoms with Crippen molar-refractivity contribution < 1.29 is 13.7 Å². The summed E-state index contributed by atoms with van der Waals surface area (Å²) in [6, 6.07) is 4.96. The molecule has 2 fully saturated rings. The van der Waals surface area contributed by atoms with Crippen molar-refractivity contribution in [3.05, 3.63) is 24.0 Å². The lowest BCUT2D eigenvalue weighted by Crippen LogP contribution is -2.35. The van der Waals surface area contributed by atoms with Crippen molar-refractivity contribution in [1.82, 2.24) is 19.9 Å². The summed E-state index contributed by atoms with van der Waals surface area (Å²) in [5.74, 6) is 1.41. The van der Waals surface area contributed by atoms with Gasteiger partial charge < -0.3 is 25.2 Å². The van der Waals surface area contributed by atoms with Gasteiger partial charge in [0.15, 0.2) is 11.6 Å². The molecular formula is C25H38FN7O2S. The molecule has 36 heavy (non-hydrogen) atoms. The molecule has 1 aromatic heterocycles. The van der Waals surface area contributed by atoms with Crippen LogP contribution in [0.5, 0.6) is 5.75 Å². The molecule has 1 saturated heterocycles. The van der Waals surface area contributed by atoms with Crippen LogP contribution in [0.15, 0.2) is 18.2 Å². The molecule has 198 valence electrons. The Hall–Kier alpha value is -2.37. The molecule has 1 aliphatic heterocycles. The van der Waals surface area contributed by atoms with Gasteiger partial charge in [0, 0.05) is 30.9 Å². The molecule has 0 spiro atoms. The summed E-state index contributed by atoms with van der Waals surface area (Å²) in [5, 5.41) is 9.89. The van der Waals surface area contributed by atoms with Gasteiger partial charge in [0.1, 0.15) is 0 Å². The number of hydrogen-bond donors (Lipinski definition) is 3. The molecular weight excluding hydrogens is 481 g/mol. The highest BCUT2D eigenvalue weighted by atomic mass is 32.2. The molecule has 0 radical (unpaired) electrons. The number of likely N-dealkylation sites (tertiary alicyclic amines) is 1.